The predicted octanol–water partition coefficient (Wildman–Crippen LogP) is 4.33. The standard InChI is InChI=1S/C24H27N3O2S/c1-4-15(2)13-18-16(3)30-24-21(18)23(28)26-20(27-24)14-25-22(19-11-8-12-29-19)17-9-6-5-7-10-17/h5-12,15,22,25H,4,13-14H2,1-3H3,(H,26,27,28)/p+1/t15-,22-/m1/s1. The first kappa shape index (κ1) is 20.6. The van der Waals surface area contributed by atoms with E-state index in [4.69, 9.17) is 9.40 Å². The summed E-state index contributed by atoms with van der Waals surface area (Å²) in [5.41, 5.74) is 2.28. The van der Waals surface area contributed by atoms with Gasteiger partial charge in [0.1, 0.15) is 11.4 Å². The van der Waals surface area contributed by atoms with Crippen LogP contribution in [0.2, 0.25) is 0 Å². The molecule has 156 valence electrons. The number of quaternary nitrogens is 1. The molecule has 0 aliphatic carbocycles. The number of hydrogen-bond acceptors (Lipinski definition) is 4. The minimum atomic E-state index is -0.0275. The normalized spacial score (nSPS) is 13.6. The zero-order chi connectivity index (χ0) is 21.1. The van der Waals surface area contributed by atoms with Crippen LogP contribution in [0.3, 0.4) is 0 Å². The van der Waals surface area contributed by atoms with Crippen LogP contribution in [0, 0.1) is 12.8 Å². The third-order valence-electron chi connectivity index (χ3n) is 5.72. The Morgan fingerprint density at radius 3 is 2.70 bits per heavy atom. The van der Waals surface area contributed by atoms with Crippen molar-refractivity contribution in [1.82, 2.24) is 9.97 Å². The van der Waals surface area contributed by atoms with Gasteiger partial charge in [0.25, 0.3) is 5.56 Å². The molecule has 0 spiro atoms. The van der Waals surface area contributed by atoms with Crippen molar-refractivity contribution in [3.05, 3.63) is 86.7 Å². The Kier molecular flexibility index (Phi) is 6.16. The molecule has 3 heterocycles. The molecule has 0 saturated heterocycles. The van der Waals surface area contributed by atoms with Crippen molar-refractivity contribution in [2.75, 3.05) is 0 Å². The van der Waals surface area contributed by atoms with Gasteiger partial charge in [0.05, 0.1) is 11.6 Å². The molecule has 4 aromatic rings. The van der Waals surface area contributed by atoms with Gasteiger partial charge in [0, 0.05) is 10.4 Å². The molecule has 30 heavy (non-hydrogen) atoms. The van der Waals surface area contributed by atoms with E-state index in [0.717, 1.165) is 39.9 Å². The minimum Gasteiger partial charge on any atom is -0.463 e. The van der Waals surface area contributed by atoms with E-state index in [1.807, 2.05) is 30.3 Å². The number of hydrogen-bond donors (Lipinski definition) is 2. The summed E-state index contributed by atoms with van der Waals surface area (Å²) in [7, 11) is 0. The summed E-state index contributed by atoms with van der Waals surface area (Å²) in [6.07, 6.45) is 3.72. The summed E-state index contributed by atoms with van der Waals surface area (Å²) in [6, 6.07) is 14.1. The van der Waals surface area contributed by atoms with Gasteiger partial charge in [-0.3, -0.25) is 4.79 Å². The third kappa shape index (κ3) is 4.25. The number of rotatable bonds is 8. The van der Waals surface area contributed by atoms with E-state index in [9.17, 15) is 4.79 Å². The van der Waals surface area contributed by atoms with E-state index in [1.54, 1.807) is 17.6 Å². The Morgan fingerprint density at radius 2 is 2.00 bits per heavy atom. The number of aryl methyl sites for hydroxylation is 1. The Labute approximate surface area is 180 Å². The fraction of sp³-hybridized carbons (Fsp3) is 0.333. The molecule has 0 aliphatic heterocycles. The van der Waals surface area contributed by atoms with E-state index < -0.39 is 0 Å². The maximum Gasteiger partial charge on any atom is 0.260 e. The molecule has 6 heteroatoms. The molecule has 3 aromatic heterocycles. The quantitative estimate of drug-likeness (QED) is 0.444. The Hall–Kier alpha value is -2.70. The van der Waals surface area contributed by atoms with Crippen LogP contribution in [-0.4, -0.2) is 9.97 Å². The van der Waals surface area contributed by atoms with Crippen LogP contribution in [0.4, 0.5) is 0 Å². The van der Waals surface area contributed by atoms with Gasteiger partial charge >= 0.3 is 0 Å². The monoisotopic (exact) mass is 422 g/mol. The lowest BCUT2D eigenvalue weighted by molar-refractivity contribution is -0.705. The topological polar surface area (TPSA) is 75.5 Å². The largest absolute Gasteiger partial charge is 0.463 e. The first-order valence-electron chi connectivity index (χ1n) is 10.5. The van der Waals surface area contributed by atoms with Gasteiger partial charge in [-0.25, -0.2) is 4.98 Å². The summed E-state index contributed by atoms with van der Waals surface area (Å²) in [5.74, 6) is 2.12. The van der Waals surface area contributed by atoms with Gasteiger partial charge in [-0.05, 0) is 37.0 Å². The van der Waals surface area contributed by atoms with Crippen LogP contribution < -0.4 is 10.9 Å². The van der Waals surface area contributed by atoms with Crippen LogP contribution in [0.15, 0.2) is 57.9 Å². The summed E-state index contributed by atoms with van der Waals surface area (Å²) in [6.45, 7) is 7.07. The lowest BCUT2D eigenvalue weighted by Crippen LogP contribution is -2.84. The third-order valence-corrected chi connectivity index (χ3v) is 6.76. The van der Waals surface area contributed by atoms with E-state index in [-0.39, 0.29) is 11.6 Å². The second kappa shape index (κ2) is 8.98. The molecule has 0 fully saturated rings. The number of H-pyrrole nitrogens is 1. The van der Waals surface area contributed by atoms with Gasteiger partial charge in [-0.15, -0.1) is 11.3 Å². The Morgan fingerprint density at radius 1 is 1.20 bits per heavy atom. The van der Waals surface area contributed by atoms with Crippen LogP contribution in [0.25, 0.3) is 10.2 Å². The second-order valence-electron chi connectivity index (χ2n) is 7.89. The first-order valence-corrected chi connectivity index (χ1v) is 11.3. The molecule has 1 aromatic carbocycles. The van der Waals surface area contributed by atoms with Crippen molar-refractivity contribution in [2.45, 2.75) is 46.2 Å². The van der Waals surface area contributed by atoms with Gasteiger partial charge in [-0.2, -0.15) is 0 Å². The zero-order valence-electron chi connectivity index (χ0n) is 17.6. The zero-order valence-corrected chi connectivity index (χ0v) is 18.5. The highest BCUT2D eigenvalue weighted by molar-refractivity contribution is 7.18. The van der Waals surface area contributed by atoms with Crippen molar-refractivity contribution < 1.29 is 9.73 Å². The lowest BCUT2D eigenvalue weighted by atomic mass is 9.98. The number of aromatic amines is 1. The van der Waals surface area contributed by atoms with Gasteiger partial charge in [-0.1, -0.05) is 50.6 Å². The molecular weight excluding hydrogens is 394 g/mol. The van der Waals surface area contributed by atoms with E-state index in [1.165, 1.54) is 4.88 Å². The second-order valence-corrected chi connectivity index (χ2v) is 9.09. The number of nitrogens with one attached hydrogen (secondary N) is 1. The number of nitrogens with zero attached hydrogens (tertiary/aromatic N) is 1. The van der Waals surface area contributed by atoms with E-state index in [2.05, 4.69) is 43.2 Å². The maximum atomic E-state index is 12.9. The number of benzene rings is 1. The number of furan rings is 1. The smallest absolute Gasteiger partial charge is 0.260 e. The predicted molar refractivity (Wildman–Crippen MR) is 121 cm³/mol. The van der Waals surface area contributed by atoms with Crippen molar-refractivity contribution in [3.63, 3.8) is 0 Å². The average molecular weight is 423 g/mol. The molecule has 0 aliphatic rings. The van der Waals surface area contributed by atoms with Crippen LogP contribution in [-0.2, 0) is 13.0 Å². The highest BCUT2D eigenvalue weighted by Gasteiger charge is 2.22. The van der Waals surface area contributed by atoms with Crippen molar-refractivity contribution in [3.8, 4) is 0 Å². The number of thiophene rings is 1. The van der Waals surface area contributed by atoms with Crippen molar-refractivity contribution in [2.24, 2.45) is 5.92 Å². The maximum absolute atomic E-state index is 12.9. The number of fused-ring (bicyclic) bond motifs is 1. The summed E-state index contributed by atoms with van der Waals surface area (Å²) < 4.78 is 5.68. The van der Waals surface area contributed by atoms with Gasteiger partial charge < -0.3 is 14.7 Å². The lowest BCUT2D eigenvalue weighted by Gasteiger charge is -2.13. The fourth-order valence-electron chi connectivity index (χ4n) is 3.83. The SMILES string of the molecule is CC[C@@H](C)Cc1c(C)sc2nc(C[NH2+][C@H](c3ccccc3)c3ccco3)[nH]c(=O)c12. The molecule has 4 rings (SSSR count). The fourth-order valence-corrected chi connectivity index (χ4v) is 4.90. The molecule has 2 atom stereocenters. The molecule has 0 amide bonds. The highest BCUT2D eigenvalue weighted by Crippen LogP contribution is 2.29. The Balaban J connectivity index is 1.61. The van der Waals surface area contributed by atoms with Crippen LogP contribution in [0.1, 0.15) is 53.9 Å². The minimum absolute atomic E-state index is 0.00763. The molecule has 5 nitrogen and oxygen atoms in total. The molecular formula is C24H28N3O2S+. The van der Waals surface area contributed by atoms with E-state index in [0.29, 0.717) is 18.3 Å². The number of nitrogens with two attached hydrogens (primary N) is 1. The number of aromatic nitrogens is 2. The molecule has 0 radical (unpaired) electrons. The summed E-state index contributed by atoms with van der Waals surface area (Å²) >= 11 is 1.62. The van der Waals surface area contributed by atoms with Crippen molar-refractivity contribution in [1.29, 1.82) is 0 Å². The molecule has 0 unspecified atom stereocenters. The van der Waals surface area contributed by atoms with E-state index >= 15 is 0 Å². The summed E-state index contributed by atoms with van der Waals surface area (Å²) in [5, 5.41) is 2.92. The van der Waals surface area contributed by atoms with Crippen molar-refractivity contribution >= 4 is 21.6 Å². The Bertz CT molecular complexity index is 1160. The molecule has 0 saturated carbocycles. The van der Waals surface area contributed by atoms with Crippen LogP contribution in [0.5, 0.6) is 0 Å². The molecule has 3 N–H and O–H groups in total. The first-order chi connectivity index (χ1) is 14.6. The summed E-state index contributed by atoms with van der Waals surface area (Å²) in [4.78, 5) is 22.8. The highest BCUT2D eigenvalue weighted by atomic mass is 32.1. The molecule has 0 bridgehead atoms. The van der Waals surface area contributed by atoms with Gasteiger partial charge in [0.2, 0.25) is 0 Å². The van der Waals surface area contributed by atoms with Gasteiger partial charge in [0.15, 0.2) is 17.6 Å². The average Bonchev–Trinajstić information content (AvgIpc) is 3.37. The van der Waals surface area contributed by atoms with Crippen LogP contribution >= 0.6 is 11.3 Å².